The number of para-hydroxylation sites is 1. The fraction of sp³-hybridized carbons (Fsp3) is 0.471. The number of hydrogen-bond donors (Lipinski definition) is 3. The van der Waals surface area contributed by atoms with Crippen LogP contribution in [0.2, 0.25) is 0 Å². The second kappa shape index (κ2) is 8.41. The number of aromatic amines is 1. The van der Waals surface area contributed by atoms with Crippen molar-refractivity contribution in [3.63, 3.8) is 0 Å². The molecular formula is C17H25IN4. The first kappa shape index (κ1) is 17.1. The van der Waals surface area contributed by atoms with Gasteiger partial charge in [0.25, 0.3) is 0 Å². The molecule has 0 saturated heterocycles. The third-order valence-corrected chi connectivity index (χ3v) is 3.91. The van der Waals surface area contributed by atoms with Gasteiger partial charge in [0.15, 0.2) is 5.96 Å². The first-order valence-electron chi connectivity index (χ1n) is 7.94. The van der Waals surface area contributed by atoms with E-state index in [-0.39, 0.29) is 24.0 Å². The Morgan fingerprint density at radius 3 is 2.86 bits per heavy atom. The van der Waals surface area contributed by atoms with Crippen molar-refractivity contribution in [1.29, 1.82) is 0 Å². The van der Waals surface area contributed by atoms with Gasteiger partial charge in [-0.2, -0.15) is 0 Å². The van der Waals surface area contributed by atoms with Crippen LogP contribution in [0, 0.1) is 5.92 Å². The molecule has 1 heterocycles. The Hall–Kier alpha value is -1.24. The fourth-order valence-corrected chi connectivity index (χ4v) is 2.52. The molecule has 0 unspecified atom stereocenters. The van der Waals surface area contributed by atoms with E-state index in [0.29, 0.717) is 0 Å². The average molecular weight is 412 g/mol. The van der Waals surface area contributed by atoms with Gasteiger partial charge in [-0.15, -0.1) is 24.0 Å². The average Bonchev–Trinajstić information content (AvgIpc) is 3.25. The van der Waals surface area contributed by atoms with Crippen LogP contribution < -0.4 is 10.6 Å². The molecule has 1 aliphatic carbocycles. The van der Waals surface area contributed by atoms with E-state index in [2.05, 4.69) is 58.0 Å². The maximum Gasteiger partial charge on any atom is 0.191 e. The van der Waals surface area contributed by atoms with Gasteiger partial charge in [-0.1, -0.05) is 18.2 Å². The van der Waals surface area contributed by atoms with Crippen molar-refractivity contribution in [2.75, 3.05) is 19.6 Å². The number of guanidine groups is 1. The molecule has 22 heavy (non-hydrogen) atoms. The summed E-state index contributed by atoms with van der Waals surface area (Å²) >= 11 is 0. The maximum atomic E-state index is 4.64. The van der Waals surface area contributed by atoms with E-state index in [9.17, 15) is 0 Å². The molecule has 120 valence electrons. The van der Waals surface area contributed by atoms with Gasteiger partial charge in [0, 0.05) is 36.7 Å². The summed E-state index contributed by atoms with van der Waals surface area (Å²) in [5, 5.41) is 8.06. The van der Waals surface area contributed by atoms with Crippen LogP contribution in [0.5, 0.6) is 0 Å². The molecule has 0 bridgehead atoms. The molecule has 0 amide bonds. The van der Waals surface area contributed by atoms with Crippen molar-refractivity contribution in [2.24, 2.45) is 10.9 Å². The lowest BCUT2D eigenvalue weighted by atomic mass is 10.1. The number of aromatic nitrogens is 1. The van der Waals surface area contributed by atoms with E-state index in [1.54, 1.807) is 0 Å². The Kier molecular flexibility index (Phi) is 6.54. The van der Waals surface area contributed by atoms with Crippen molar-refractivity contribution in [3.05, 3.63) is 36.0 Å². The summed E-state index contributed by atoms with van der Waals surface area (Å²) in [7, 11) is 0. The molecule has 1 aromatic heterocycles. The van der Waals surface area contributed by atoms with E-state index in [4.69, 9.17) is 0 Å². The minimum Gasteiger partial charge on any atom is -0.361 e. The predicted octanol–water partition coefficient (Wildman–Crippen LogP) is 3.29. The number of benzene rings is 1. The zero-order valence-electron chi connectivity index (χ0n) is 13.1. The lowest BCUT2D eigenvalue weighted by Crippen LogP contribution is -2.38. The first-order chi connectivity index (χ1) is 10.4. The Morgan fingerprint density at radius 2 is 2.09 bits per heavy atom. The van der Waals surface area contributed by atoms with Gasteiger partial charge in [-0.25, -0.2) is 0 Å². The number of aliphatic imine (C=N–C) groups is 1. The van der Waals surface area contributed by atoms with E-state index in [1.807, 2.05) is 0 Å². The highest BCUT2D eigenvalue weighted by Crippen LogP contribution is 2.28. The Labute approximate surface area is 149 Å². The van der Waals surface area contributed by atoms with Crippen LogP contribution in [0.15, 0.2) is 35.5 Å². The molecule has 1 fully saturated rings. The normalized spacial score (nSPS) is 14.7. The molecule has 0 atom stereocenters. The summed E-state index contributed by atoms with van der Waals surface area (Å²) in [6.45, 7) is 4.87. The largest absolute Gasteiger partial charge is 0.361 e. The zero-order chi connectivity index (χ0) is 14.5. The quantitative estimate of drug-likeness (QED) is 0.388. The van der Waals surface area contributed by atoms with Crippen LogP contribution in [-0.2, 0) is 6.42 Å². The van der Waals surface area contributed by atoms with Crippen molar-refractivity contribution >= 4 is 40.8 Å². The van der Waals surface area contributed by atoms with Gasteiger partial charge in [0.2, 0.25) is 0 Å². The summed E-state index contributed by atoms with van der Waals surface area (Å²) in [6.07, 6.45) is 5.80. The molecule has 3 N–H and O–H groups in total. The van der Waals surface area contributed by atoms with Crippen molar-refractivity contribution in [2.45, 2.75) is 26.2 Å². The number of nitrogens with zero attached hydrogens (tertiary/aromatic N) is 1. The SMILES string of the molecule is CCNC(=NCC1CC1)NCCc1c[nH]c2ccccc12.I. The maximum absolute atomic E-state index is 4.64. The summed E-state index contributed by atoms with van der Waals surface area (Å²) in [4.78, 5) is 7.97. The summed E-state index contributed by atoms with van der Waals surface area (Å²) < 4.78 is 0. The first-order valence-corrected chi connectivity index (χ1v) is 7.94. The number of rotatable bonds is 6. The summed E-state index contributed by atoms with van der Waals surface area (Å²) in [5.41, 5.74) is 2.57. The summed E-state index contributed by atoms with van der Waals surface area (Å²) in [6, 6.07) is 8.45. The van der Waals surface area contributed by atoms with Crippen LogP contribution in [-0.4, -0.2) is 30.6 Å². The third-order valence-electron chi connectivity index (χ3n) is 3.91. The highest BCUT2D eigenvalue weighted by atomic mass is 127. The number of H-pyrrole nitrogens is 1. The van der Waals surface area contributed by atoms with Gasteiger partial charge < -0.3 is 15.6 Å². The molecular weight excluding hydrogens is 387 g/mol. The molecule has 1 saturated carbocycles. The standard InChI is InChI=1S/C17H24N4.HI/c1-2-18-17(21-11-13-7-8-13)19-10-9-14-12-20-16-6-4-3-5-15(14)16;/h3-6,12-13,20H,2,7-11H2,1H3,(H2,18,19,21);1H. The summed E-state index contributed by atoms with van der Waals surface area (Å²) in [5.74, 6) is 1.78. The molecule has 1 aromatic carbocycles. The number of halogens is 1. The number of hydrogen-bond acceptors (Lipinski definition) is 1. The van der Waals surface area contributed by atoms with Gasteiger partial charge in [0.1, 0.15) is 0 Å². The van der Waals surface area contributed by atoms with Gasteiger partial charge in [0.05, 0.1) is 0 Å². The zero-order valence-corrected chi connectivity index (χ0v) is 15.4. The number of fused-ring (bicyclic) bond motifs is 1. The molecule has 1 aliphatic rings. The second-order valence-corrected chi connectivity index (χ2v) is 5.70. The van der Waals surface area contributed by atoms with Crippen LogP contribution in [0.25, 0.3) is 10.9 Å². The molecule has 5 heteroatoms. The lowest BCUT2D eigenvalue weighted by molar-refractivity contribution is 0.778. The Balaban J connectivity index is 0.00000176. The van der Waals surface area contributed by atoms with Gasteiger partial charge in [-0.3, -0.25) is 4.99 Å². The molecule has 0 spiro atoms. The van der Waals surface area contributed by atoms with Crippen molar-refractivity contribution < 1.29 is 0 Å². The highest BCUT2D eigenvalue weighted by molar-refractivity contribution is 14.0. The van der Waals surface area contributed by atoms with E-state index in [1.165, 1.54) is 29.3 Å². The van der Waals surface area contributed by atoms with Crippen LogP contribution >= 0.6 is 24.0 Å². The van der Waals surface area contributed by atoms with E-state index < -0.39 is 0 Å². The Bertz CT molecular complexity index is 616. The smallest absolute Gasteiger partial charge is 0.191 e. The number of nitrogens with one attached hydrogen (secondary N) is 3. The molecule has 4 nitrogen and oxygen atoms in total. The van der Waals surface area contributed by atoms with Gasteiger partial charge in [-0.05, 0) is 43.7 Å². The van der Waals surface area contributed by atoms with Gasteiger partial charge >= 0.3 is 0 Å². The third kappa shape index (κ3) is 4.63. The minimum absolute atomic E-state index is 0. The monoisotopic (exact) mass is 412 g/mol. The lowest BCUT2D eigenvalue weighted by Gasteiger charge is -2.10. The van der Waals surface area contributed by atoms with Crippen LogP contribution in [0.1, 0.15) is 25.3 Å². The highest BCUT2D eigenvalue weighted by Gasteiger charge is 2.20. The predicted molar refractivity (Wildman–Crippen MR) is 104 cm³/mol. The van der Waals surface area contributed by atoms with E-state index in [0.717, 1.165) is 37.9 Å². The molecule has 0 radical (unpaired) electrons. The minimum atomic E-state index is 0. The van der Waals surface area contributed by atoms with Crippen molar-refractivity contribution in [1.82, 2.24) is 15.6 Å². The molecule has 0 aliphatic heterocycles. The van der Waals surface area contributed by atoms with E-state index >= 15 is 0 Å². The molecule has 3 rings (SSSR count). The second-order valence-electron chi connectivity index (χ2n) is 5.70. The fourth-order valence-electron chi connectivity index (χ4n) is 2.52. The van der Waals surface area contributed by atoms with Crippen LogP contribution in [0.4, 0.5) is 0 Å². The topological polar surface area (TPSA) is 52.2 Å². The van der Waals surface area contributed by atoms with Crippen LogP contribution in [0.3, 0.4) is 0 Å². The van der Waals surface area contributed by atoms with Crippen molar-refractivity contribution in [3.8, 4) is 0 Å². The molecule has 2 aromatic rings. The Morgan fingerprint density at radius 1 is 1.27 bits per heavy atom.